The normalized spacial score (nSPS) is 12.7. The van der Waals surface area contributed by atoms with Crippen LogP contribution in [-0.2, 0) is 4.74 Å². The number of ether oxygens (including phenoxy) is 1. The number of carbonyl (C=O) groups is 1. The molecular weight excluding hydrogens is 304 g/mol. The zero-order chi connectivity index (χ0) is 17.8. The van der Waals surface area contributed by atoms with Gasteiger partial charge in [0, 0.05) is 33.1 Å². The third-order valence-corrected chi connectivity index (χ3v) is 3.16. The van der Waals surface area contributed by atoms with Gasteiger partial charge in [-0.05, 0) is 32.4 Å². The minimum Gasteiger partial charge on any atom is -0.444 e. The number of nitrogens with one attached hydrogen (secondary N) is 1. The number of hydrogen-bond donors (Lipinski definition) is 2. The molecule has 130 valence electrons. The Labute approximate surface area is 135 Å². The molecule has 0 aliphatic heterocycles. The van der Waals surface area contributed by atoms with Gasteiger partial charge in [0.15, 0.2) is 11.6 Å². The number of halogens is 2. The molecule has 7 heteroatoms. The molecule has 1 atom stereocenters. The minimum absolute atomic E-state index is 0.131. The van der Waals surface area contributed by atoms with E-state index in [1.165, 1.54) is 11.0 Å². The second kappa shape index (κ2) is 7.59. The second-order valence-electron chi connectivity index (χ2n) is 6.51. The molecule has 0 aliphatic carbocycles. The van der Waals surface area contributed by atoms with Crippen molar-refractivity contribution < 1.29 is 18.3 Å². The highest BCUT2D eigenvalue weighted by Crippen LogP contribution is 2.30. The summed E-state index contributed by atoms with van der Waals surface area (Å²) in [6, 6.07) is 2.55. The third kappa shape index (κ3) is 5.35. The van der Waals surface area contributed by atoms with Crippen molar-refractivity contribution in [3.05, 3.63) is 29.3 Å². The third-order valence-electron chi connectivity index (χ3n) is 3.16. The first-order chi connectivity index (χ1) is 10.6. The van der Waals surface area contributed by atoms with Gasteiger partial charge >= 0.3 is 6.09 Å². The highest BCUT2D eigenvalue weighted by Gasteiger charge is 2.23. The van der Waals surface area contributed by atoms with Crippen LogP contribution in [0.3, 0.4) is 0 Å². The van der Waals surface area contributed by atoms with Gasteiger partial charge in [0.25, 0.3) is 0 Å². The molecule has 1 aromatic carbocycles. The monoisotopic (exact) mass is 329 g/mol. The molecule has 1 amide bonds. The van der Waals surface area contributed by atoms with E-state index in [0.717, 1.165) is 6.07 Å². The van der Waals surface area contributed by atoms with Crippen molar-refractivity contribution in [2.45, 2.75) is 32.3 Å². The fourth-order valence-electron chi connectivity index (χ4n) is 2.18. The van der Waals surface area contributed by atoms with Crippen LogP contribution in [0.1, 0.15) is 32.3 Å². The Balaban J connectivity index is 2.95. The topological polar surface area (TPSA) is 67.6 Å². The Morgan fingerprint density at radius 3 is 2.43 bits per heavy atom. The number of nitrogens with two attached hydrogens (primary N) is 1. The summed E-state index contributed by atoms with van der Waals surface area (Å²) in [5.41, 5.74) is 5.80. The summed E-state index contributed by atoms with van der Waals surface area (Å²) in [5, 5.41) is 2.61. The highest BCUT2D eigenvalue weighted by atomic mass is 19.2. The van der Waals surface area contributed by atoms with E-state index in [-0.39, 0.29) is 24.7 Å². The van der Waals surface area contributed by atoms with Gasteiger partial charge < -0.3 is 20.7 Å². The molecule has 1 aromatic rings. The predicted octanol–water partition coefficient (Wildman–Crippen LogP) is 2.60. The van der Waals surface area contributed by atoms with Gasteiger partial charge in [-0.15, -0.1) is 0 Å². The lowest BCUT2D eigenvalue weighted by atomic mass is 9.96. The zero-order valence-electron chi connectivity index (χ0n) is 14.2. The largest absolute Gasteiger partial charge is 0.444 e. The van der Waals surface area contributed by atoms with Crippen LogP contribution in [-0.4, -0.2) is 38.9 Å². The van der Waals surface area contributed by atoms with Crippen LogP contribution < -0.4 is 16.0 Å². The molecule has 0 saturated heterocycles. The maximum Gasteiger partial charge on any atom is 0.407 e. The SMILES string of the molecule is CN(C)c1c(C(CN)CNC(=O)OC(C)(C)C)ccc(F)c1F. The summed E-state index contributed by atoms with van der Waals surface area (Å²) >= 11 is 0. The maximum atomic E-state index is 14.1. The van der Waals surface area contributed by atoms with Gasteiger partial charge in [0.2, 0.25) is 0 Å². The van der Waals surface area contributed by atoms with E-state index in [4.69, 9.17) is 10.5 Å². The number of benzene rings is 1. The predicted molar refractivity (Wildman–Crippen MR) is 86.7 cm³/mol. The summed E-state index contributed by atoms with van der Waals surface area (Å²) in [6.07, 6.45) is -0.579. The lowest BCUT2D eigenvalue weighted by molar-refractivity contribution is 0.0525. The molecule has 0 radical (unpaired) electrons. The highest BCUT2D eigenvalue weighted by molar-refractivity contribution is 5.68. The van der Waals surface area contributed by atoms with Crippen LogP contribution in [0.5, 0.6) is 0 Å². The van der Waals surface area contributed by atoms with Gasteiger partial charge in [0.1, 0.15) is 5.60 Å². The Bertz CT molecular complexity index is 557. The van der Waals surface area contributed by atoms with Crippen LogP contribution in [0.2, 0.25) is 0 Å². The molecule has 0 aliphatic rings. The fraction of sp³-hybridized carbons (Fsp3) is 0.562. The lowest BCUT2D eigenvalue weighted by Crippen LogP contribution is -2.36. The molecule has 0 spiro atoms. The minimum atomic E-state index is -0.928. The molecule has 0 bridgehead atoms. The average Bonchev–Trinajstić information content (AvgIpc) is 2.40. The summed E-state index contributed by atoms with van der Waals surface area (Å²) in [5.74, 6) is -2.22. The van der Waals surface area contributed by atoms with E-state index >= 15 is 0 Å². The van der Waals surface area contributed by atoms with Crippen LogP contribution in [0, 0.1) is 11.6 Å². The number of amides is 1. The molecule has 23 heavy (non-hydrogen) atoms. The van der Waals surface area contributed by atoms with Crippen molar-refractivity contribution in [3.63, 3.8) is 0 Å². The molecule has 0 saturated carbocycles. The van der Waals surface area contributed by atoms with E-state index in [1.807, 2.05) is 0 Å². The van der Waals surface area contributed by atoms with Gasteiger partial charge in [-0.25, -0.2) is 13.6 Å². The quantitative estimate of drug-likeness (QED) is 0.871. The Morgan fingerprint density at radius 1 is 1.35 bits per heavy atom. The number of anilines is 1. The van der Waals surface area contributed by atoms with E-state index in [9.17, 15) is 13.6 Å². The van der Waals surface area contributed by atoms with Crippen molar-refractivity contribution in [2.75, 3.05) is 32.1 Å². The summed E-state index contributed by atoms with van der Waals surface area (Å²) in [4.78, 5) is 13.2. The van der Waals surface area contributed by atoms with Crippen LogP contribution in [0.4, 0.5) is 19.3 Å². The zero-order valence-corrected chi connectivity index (χ0v) is 14.2. The molecule has 1 unspecified atom stereocenters. The molecule has 0 heterocycles. The fourth-order valence-corrected chi connectivity index (χ4v) is 2.18. The molecule has 5 nitrogen and oxygen atoms in total. The van der Waals surface area contributed by atoms with E-state index in [0.29, 0.717) is 5.56 Å². The molecule has 0 aromatic heterocycles. The standard InChI is InChI=1S/C16H25F2N3O2/c1-16(2,3)23-15(22)20-9-10(8-19)11-6-7-12(17)13(18)14(11)21(4)5/h6-7,10H,8-9,19H2,1-5H3,(H,20,22). The van der Waals surface area contributed by atoms with Crippen molar-refractivity contribution in [1.29, 1.82) is 0 Å². The van der Waals surface area contributed by atoms with E-state index in [1.54, 1.807) is 34.9 Å². The average molecular weight is 329 g/mol. The first-order valence-corrected chi connectivity index (χ1v) is 7.39. The number of alkyl carbamates (subject to hydrolysis) is 1. The van der Waals surface area contributed by atoms with Crippen molar-refractivity contribution >= 4 is 11.8 Å². The summed E-state index contributed by atoms with van der Waals surface area (Å²) < 4.78 is 32.7. The van der Waals surface area contributed by atoms with Crippen molar-refractivity contribution in [2.24, 2.45) is 5.73 Å². The van der Waals surface area contributed by atoms with Crippen LogP contribution >= 0.6 is 0 Å². The van der Waals surface area contributed by atoms with E-state index in [2.05, 4.69) is 5.32 Å². The molecule has 0 fully saturated rings. The first kappa shape index (κ1) is 19.2. The lowest BCUT2D eigenvalue weighted by Gasteiger charge is -2.25. The number of nitrogens with zero attached hydrogens (tertiary/aromatic N) is 1. The Kier molecular flexibility index (Phi) is 6.32. The summed E-state index contributed by atoms with van der Waals surface area (Å²) in [7, 11) is 3.24. The van der Waals surface area contributed by atoms with Crippen LogP contribution in [0.15, 0.2) is 12.1 Å². The Hall–Kier alpha value is -1.89. The summed E-state index contributed by atoms with van der Waals surface area (Å²) in [6.45, 7) is 5.60. The van der Waals surface area contributed by atoms with Crippen molar-refractivity contribution in [3.8, 4) is 0 Å². The first-order valence-electron chi connectivity index (χ1n) is 7.39. The molecule has 3 N–H and O–H groups in total. The van der Waals surface area contributed by atoms with Crippen molar-refractivity contribution in [1.82, 2.24) is 5.32 Å². The van der Waals surface area contributed by atoms with Gasteiger partial charge in [-0.2, -0.15) is 0 Å². The Morgan fingerprint density at radius 2 is 1.96 bits per heavy atom. The number of rotatable bonds is 5. The molecule has 1 rings (SSSR count). The second-order valence-corrected chi connectivity index (χ2v) is 6.51. The van der Waals surface area contributed by atoms with Gasteiger partial charge in [-0.1, -0.05) is 6.07 Å². The van der Waals surface area contributed by atoms with Crippen LogP contribution in [0.25, 0.3) is 0 Å². The molecular formula is C16H25F2N3O2. The smallest absolute Gasteiger partial charge is 0.407 e. The number of hydrogen-bond acceptors (Lipinski definition) is 4. The maximum absolute atomic E-state index is 14.1. The van der Waals surface area contributed by atoms with Gasteiger partial charge in [0.05, 0.1) is 5.69 Å². The number of carbonyl (C=O) groups excluding carboxylic acids is 1. The van der Waals surface area contributed by atoms with E-state index < -0.39 is 23.3 Å². The van der Waals surface area contributed by atoms with Gasteiger partial charge in [-0.3, -0.25) is 0 Å².